The van der Waals surface area contributed by atoms with Crippen molar-refractivity contribution in [1.82, 2.24) is 5.06 Å². The molecule has 0 spiro atoms. The molecule has 1 unspecified atom stereocenters. The highest BCUT2D eigenvalue weighted by Gasteiger charge is 2.41. The molecular formula is C19H19NO7. The smallest absolute Gasteiger partial charge is 0.249 e. The lowest BCUT2D eigenvalue weighted by Gasteiger charge is -2.33. The molecule has 8 heteroatoms. The van der Waals surface area contributed by atoms with E-state index >= 15 is 0 Å². The highest BCUT2D eigenvalue weighted by molar-refractivity contribution is 5.79. The molecule has 5 N–H and O–H groups in total. The summed E-state index contributed by atoms with van der Waals surface area (Å²) in [7, 11) is 1.12. The number of aryl methyl sites for hydroxylation is 1. The number of nitrogens with zero attached hydrogens (tertiary/aromatic N) is 1. The SMILES string of the molecule is Cc1cc(C2=CC(O)(CC(=O)N(C)O)c3c(O)cc(O)cc3O2)ccc1O. The number of aromatic hydroxyl groups is 3. The summed E-state index contributed by atoms with van der Waals surface area (Å²) in [6, 6.07) is 6.85. The van der Waals surface area contributed by atoms with Crippen molar-refractivity contribution in [3.63, 3.8) is 0 Å². The number of ether oxygens (including phenoxy) is 1. The second-order valence-corrected chi connectivity index (χ2v) is 6.47. The molecule has 3 rings (SSSR count). The molecular weight excluding hydrogens is 354 g/mol. The molecule has 0 aliphatic carbocycles. The molecule has 1 aliphatic rings. The molecule has 0 radical (unpaired) electrons. The van der Waals surface area contributed by atoms with Crippen molar-refractivity contribution in [3.8, 4) is 23.0 Å². The Kier molecular flexibility index (Phi) is 4.46. The quantitative estimate of drug-likeness (QED) is 0.411. The molecule has 0 saturated carbocycles. The second kappa shape index (κ2) is 6.49. The Balaban J connectivity index is 2.17. The first-order valence-electron chi connectivity index (χ1n) is 8.05. The summed E-state index contributed by atoms with van der Waals surface area (Å²) in [6.07, 6.45) is 0.675. The molecule has 0 aromatic heterocycles. The topological polar surface area (TPSA) is 131 Å². The molecule has 0 bridgehead atoms. The number of phenolic OH excluding ortho intramolecular Hbond substituents is 3. The largest absolute Gasteiger partial charge is 0.508 e. The molecule has 142 valence electrons. The Bertz CT molecular complexity index is 951. The number of hydroxylamine groups is 2. The predicted molar refractivity (Wildman–Crippen MR) is 94.3 cm³/mol. The van der Waals surface area contributed by atoms with E-state index in [0.29, 0.717) is 16.2 Å². The lowest BCUT2D eigenvalue weighted by molar-refractivity contribution is -0.163. The fourth-order valence-corrected chi connectivity index (χ4v) is 2.97. The summed E-state index contributed by atoms with van der Waals surface area (Å²) in [5.74, 6) is -1.34. The van der Waals surface area contributed by atoms with Crippen LogP contribution in [0, 0.1) is 6.92 Å². The standard InChI is InChI=1S/C19H19NO7/c1-10-5-11(3-4-13(10)22)16-8-19(25,9-17(24)20(2)26)18-14(23)6-12(21)7-15(18)27-16/h3-8,21-23,25-26H,9H2,1-2H3. The van der Waals surface area contributed by atoms with Crippen molar-refractivity contribution in [1.29, 1.82) is 0 Å². The van der Waals surface area contributed by atoms with Gasteiger partial charge in [0.1, 0.15) is 34.4 Å². The van der Waals surface area contributed by atoms with Gasteiger partial charge in [0, 0.05) is 24.7 Å². The van der Waals surface area contributed by atoms with Crippen LogP contribution in [0.1, 0.15) is 23.1 Å². The third-order valence-electron chi connectivity index (χ3n) is 4.35. The maximum absolute atomic E-state index is 12.0. The Morgan fingerprint density at radius 1 is 1.15 bits per heavy atom. The van der Waals surface area contributed by atoms with E-state index < -0.39 is 23.7 Å². The van der Waals surface area contributed by atoms with Crippen molar-refractivity contribution >= 4 is 11.7 Å². The van der Waals surface area contributed by atoms with Crippen LogP contribution in [0.15, 0.2) is 36.4 Å². The third kappa shape index (κ3) is 3.40. The van der Waals surface area contributed by atoms with Gasteiger partial charge in [-0.2, -0.15) is 0 Å². The minimum atomic E-state index is -2.00. The summed E-state index contributed by atoms with van der Waals surface area (Å²) >= 11 is 0. The molecule has 1 atom stereocenters. The number of hydrogen-bond acceptors (Lipinski definition) is 7. The third-order valence-corrected chi connectivity index (χ3v) is 4.35. The molecule has 1 heterocycles. The lowest BCUT2D eigenvalue weighted by Crippen LogP contribution is -2.35. The Morgan fingerprint density at radius 2 is 1.85 bits per heavy atom. The van der Waals surface area contributed by atoms with Gasteiger partial charge in [0.2, 0.25) is 5.91 Å². The second-order valence-electron chi connectivity index (χ2n) is 6.47. The maximum atomic E-state index is 12.0. The number of benzene rings is 2. The number of fused-ring (bicyclic) bond motifs is 1. The van der Waals surface area contributed by atoms with Crippen LogP contribution >= 0.6 is 0 Å². The van der Waals surface area contributed by atoms with Crippen LogP contribution in [0.2, 0.25) is 0 Å². The van der Waals surface area contributed by atoms with E-state index in [2.05, 4.69) is 0 Å². The molecule has 8 nitrogen and oxygen atoms in total. The maximum Gasteiger partial charge on any atom is 0.249 e. The zero-order chi connectivity index (χ0) is 19.9. The molecule has 1 amide bonds. The molecule has 1 aliphatic heterocycles. The summed E-state index contributed by atoms with van der Waals surface area (Å²) in [6.45, 7) is 1.68. The summed E-state index contributed by atoms with van der Waals surface area (Å²) in [5, 5.41) is 50.5. The van der Waals surface area contributed by atoms with Crippen LogP contribution in [0.4, 0.5) is 0 Å². The van der Waals surface area contributed by atoms with Crippen LogP contribution in [0.5, 0.6) is 23.0 Å². The van der Waals surface area contributed by atoms with E-state index in [1.54, 1.807) is 19.1 Å². The van der Waals surface area contributed by atoms with E-state index in [4.69, 9.17) is 4.74 Å². The van der Waals surface area contributed by atoms with E-state index in [9.17, 15) is 30.4 Å². The van der Waals surface area contributed by atoms with E-state index in [-0.39, 0.29) is 28.6 Å². The van der Waals surface area contributed by atoms with Gasteiger partial charge in [-0.3, -0.25) is 10.0 Å². The first-order chi connectivity index (χ1) is 12.6. The van der Waals surface area contributed by atoms with Crippen LogP contribution in [-0.4, -0.2) is 43.7 Å². The Hall–Kier alpha value is -3.23. The fraction of sp³-hybridized carbons (Fsp3) is 0.211. The average Bonchev–Trinajstić information content (AvgIpc) is 2.55. The molecule has 0 fully saturated rings. The minimum Gasteiger partial charge on any atom is -0.508 e. The normalized spacial score (nSPS) is 18.3. The van der Waals surface area contributed by atoms with E-state index in [1.165, 1.54) is 18.2 Å². The van der Waals surface area contributed by atoms with Crippen molar-refractivity contribution in [2.24, 2.45) is 0 Å². The highest BCUT2D eigenvalue weighted by atomic mass is 16.5. The van der Waals surface area contributed by atoms with Crippen molar-refractivity contribution in [2.75, 3.05) is 7.05 Å². The molecule has 0 saturated heterocycles. The average molecular weight is 373 g/mol. The summed E-state index contributed by atoms with van der Waals surface area (Å²) in [5.41, 5.74) is -1.03. The first-order valence-corrected chi connectivity index (χ1v) is 8.05. The van der Waals surface area contributed by atoms with Gasteiger partial charge >= 0.3 is 0 Å². The van der Waals surface area contributed by atoms with Crippen LogP contribution in [-0.2, 0) is 10.4 Å². The number of hydrogen-bond donors (Lipinski definition) is 5. The van der Waals surface area contributed by atoms with Gasteiger partial charge in [0.15, 0.2) is 0 Å². The predicted octanol–water partition coefficient (Wildman–Crippen LogP) is 1.97. The van der Waals surface area contributed by atoms with Crippen molar-refractivity contribution in [3.05, 3.63) is 53.1 Å². The monoisotopic (exact) mass is 373 g/mol. The zero-order valence-corrected chi connectivity index (χ0v) is 14.7. The minimum absolute atomic E-state index is 0.0355. The number of amides is 1. The lowest BCUT2D eigenvalue weighted by atomic mass is 9.85. The zero-order valence-electron chi connectivity index (χ0n) is 14.7. The van der Waals surface area contributed by atoms with Gasteiger partial charge in [0.25, 0.3) is 0 Å². The number of rotatable bonds is 3. The van der Waals surface area contributed by atoms with Gasteiger partial charge in [-0.25, -0.2) is 5.06 Å². The molecule has 2 aromatic carbocycles. The molecule has 27 heavy (non-hydrogen) atoms. The van der Waals surface area contributed by atoms with Crippen LogP contribution in [0.25, 0.3) is 5.76 Å². The van der Waals surface area contributed by atoms with Crippen molar-refractivity contribution < 1.29 is 35.2 Å². The summed E-state index contributed by atoms with van der Waals surface area (Å²) < 4.78 is 5.72. The van der Waals surface area contributed by atoms with Gasteiger partial charge in [-0.15, -0.1) is 0 Å². The van der Waals surface area contributed by atoms with Crippen molar-refractivity contribution in [2.45, 2.75) is 18.9 Å². The van der Waals surface area contributed by atoms with E-state index in [0.717, 1.165) is 13.1 Å². The van der Waals surface area contributed by atoms with E-state index in [1.807, 2.05) is 0 Å². The highest BCUT2D eigenvalue weighted by Crippen LogP contribution is 2.48. The fourth-order valence-electron chi connectivity index (χ4n) is 2.97. The number of aliphatic hydroxyl groups is 1. The van der Waals surface area contributed by atoms with Gasteiger partial charge < -0.3 is 25.2 Å². The Morgan fingerprint density at radius 3 is 2.48 bits per heavy atom. The van der Waals surface area contributed by atoms with Crippen LogP contribution in [0.3, 0.4) is 0 Å². The van der Waals surface area contributed by atoms with Gasteiger partial charge in [0.05, 0.1) is 12.0 Å². The summed E-state index contributed by atoms with van der Waals surface area (Å²) in [4.78, 5) is 12.0. The van der Waals surface area contributed by atoms with Crippen LogP contribution < -0.4 is 4.74 Å². The van der Waals surface area contributed by atoms with Gasteiger partial charge in [-0.1, -0.05) is 0 Å². The number of carbonyl (C=O) groups excluding carboxylic acids is 1. The van der Waals surface area contributed by atoms with Gasteiger partial charge in [-0.05, 0) is 36.8 Å². The Labute approximate surface area is 154 Å². The number of phenols is 3. The molecule has 2 aromatic rings. The first kappa shape index (κ1) is 18.6. The number of carbonyl (C=O) groups is 1.